The predicted molar refractivity (Wildman–Crippen MR) is 98.4 cm³/mol. The van der Waals surface area contributed by atoms with Crippen LogP contribution in [0.5, 0.6) is 0 Å². The van der Waals surface area contributed by atoms with Crippen molar-refractivity contribution >= 4 is 21.9 Å². The highest BCUT2D eigenvalue weighted by Gasteiger charge is 2.46. The molecule has 0 aromatic heterocycles. The Kier molecular flexibility index (Phi) is 3.85. The van der Waals surface area contributed by atoms with E-state index in [4.69, 9.17) is 15.6 Å². The molecular formula is C19H20BrN3O. The maximum atomic E-state index is 6.20. The first-order valence-corrected chi connectivity index (χ1v) is 8.99. The SMILES string of the molecule is CN1OC2(CC(c3ccccc3)CCc3ccc(Br)cc32)N=C1N. The number of halogens is 1. The molecule has 0 fully saturated rings. The van der Waals surface area contributed by atoms with E-state index in [1.165, 1.54) is 11.1 Å². The van der Waals surface area contributed by atoms with Gasteiger partial charge in [-0.15, -0.1) is 0 Å². The standard InChI is InChI=1S/C19H20BrN3O/c1-23-18(21)22-19(24-23)12-15(13-5-3-2-4-6-13)8-7-14-9-10-16(20)11-17(14)19/h2-6,9-11,15H,7-8,12H2,1H3,(H2,21,22). The number of nitrogens with two attached hydrogens (primary N) is 1. The third-order valence-electron chi connectivity index (χ3n) is 4.95. The fourth-order valence-corrected chi connectivity index (χ4v) is 4.12. The summed E-state index contributed by atoms with van der Waals surface area (Å²) in [6.07, 6.45) is 2.86. The number of rotatable bonds is 1. The predicted octanol–water partition coefficient (Wildman–Crippen LogP) is 3.91. The minimum absolute atomic E-state index is 0.375. The van der Waals surface area contributed by atoms with E-state index in [1.807, 2.05) is 7.05 Å². The largest absolute Gasteiger partial charge is 0.368 e. The molecule has 2 aromatic carbocycles. The summed E-state index contributed by atoms with van der Waals surface area (Å²) in [5.41, 5.74) is 9.04. The Labute approximate surface area is 150 Å². The smallest absolute Gasteiger partial charge is 0.218 e. The van der Waals surface area contributed by atoms with Gasteiger partial charge < -0.3 is 5.73 Å². The lowest BCUT2D eigenvalue weighted by atomic mass is 9.88. The first-order chi connectivity index (χ1) is 11.6. The molecule has 1 aliphatic carbocycles. The number of nitrogens with zero attached hydrogens (tertiary/aromatic N) is 2. The van der Waals surface area contributed by atoms with Gasteiger partial charge in [-0.05, 0) is 42.0 Å². The topological polar surface area (TPSA) is 50.8 Å². The quantitative estimate of drug-likeness (QED) is 0.809. The Morgan fingerprint density at radius 2 is 2.04 bits per heavy atom. The van der Waals surface area contributed by atoms with Crippen LogP contribution < -0.4 is 5.73 Å². The molecule has 2 atom stereocenters. The third-order valence-corrected chi connectivity index (χ3v) is 5.45. The first-order valence-electron chi connectivity index (χ1n) is 8.19. The Morgan fingerprint density at radius 1 is 1.25 bits per heavy atom. The molecular weight excluding hydrogens is 366 g/mol. The van der Waals surface area contributed by atoms with E-state index in [9.17, 15) is 0 Å². The molecule has 2 N–H and O–H groups in total. The van der Waals surface area contributed by atoms with E-state index in [-0.39, 0.29) is 0 Å². The lowest BCUT2D eigenvalue weighted by Crippen LogP contribution is -2.32. The van der Waals surface area contributed by atoms with Gasteiger partial charge in [0.2, 0.25) is 11.7 Å². The summed E-state index contributed by atoms with van der Waals surface area (Å²) < 4.78 is 1.03. The zero-order chi connectivity index (χ0) is 16.7. The van der Waals surface area contributed by atoms with Gasteiger partial charge in [0.1, 0.15) is 0 Å². The minimum Gasteiger partial charge on any atom is -0.368 e. The van der Waals surface area contributed by atoms with E-state index in [2.05, 4.69) is 64.5 Å². The van der Waals surface area contributed by atoms with Crippen molar-refractivity contribution in [3.63, 3.8) is 0 Å². The molecule has 1 spiro atoms. The van der Waals surface area contributed by atoms with Gasteiger partial charge in [0.15, 0.2) is 0 Å². The summed E-state index contributed by atoms with van der Waals surface area (Å²) in [5, 5.41) is 1.58. The van der Waals surface area contributed by atoms with Crippen molar-refractivity contribution < 1.29 is 4.84 Å². The number of hydrogen-bond donors (Lipinski definition) is 1. The molecule has 24 heavy (non-hydrogen) atoms. The second-order valence-corrected chi connectivity index (χ2v) is 7.41. The third kappa shape index (κ3) is 2.62. The van der Waals surface area contributed by atoms with Crippen molar-refractivity contribution in [2.24, 2.45) is 10.7 Å². The van der Waals surface area contributed by atoms with Crippen LogP contribution in [-0.4, -0.2) is 18.1 Å². The van der Waals surface area contributed by atoms with Crippen molar-refractivity contribution in [2.75, 3.05) is 7.05 Å². The highest BCUT2D eigenvalue weighted by atomic mass is 79.9. The summed E-state index contributed by atoms with van der Waals surface area (Å²) in [6.45, 7) is 0. The van der Waals surface area contributed by atoms with Crippen molar-refractivity contribution in [3.8, 4) is 0 Å². The zero-order valence-corrected chi connectivity index (χ0v) is 15.2. The highest BCUT2D eigenvalue weighted by molar-refractivity contribution is 9.10. The van der Waals surface area contributed by atoms with Gasteiger partial charge in [-0.3, -0.25) is 0 Å². The number of benzene rings is 2. The Bertz CT molecular complexity index is 792. The Balaban J connectivity index is 1.83. The zero-order valence-electron chi connectivity index (χ0n) is 13.6. The molecule has 124 valence electrons. The van der Waals surface area contributed by atoms with Gasteiger partial charge in [-0.2, -0.15) is 0 Å². The van der Waals surface area contributed by atoms with E-state index in [1.54, 1.807) is 5.06 Å². The molecule has 0 saturated carbocycles. The number of aryl methyl sites for hydroxylation is 1. The molecule has 1 aliphatic heterocycles. The summed E-state index contributed by atoms with van der Waals surface area (Å²) in [4.78, 5) is 11.0. The molecule has 1 heterocycles. The average molecular weight is 386 g/mol. The van der Waals surface area contributed by atoms with Crippen LogP contribution in [0.4, 0.5) is 0 Å². The van der Waals surface area contributed by atoms with Gasteiger partial charge in [-0.25, -0.2) is 14.9 Å². The van der Waals surface area contributed by atoms with Crippen LogP contribution in [0, 0.1) is 0 Å². The van der Waals surface area contributed by atoms with E-state index < -0.39 is 5.72 Å². The average Bonchev–Trinajstić information content (AvgIpc) is 2.78. The van der Waals surface area contributed by atoms with E-state index in [0.29, 0.717) is 11.9 Å². The van der Waals surface area contributed by atoms with Gasteiger partial charge in [0, 0.05) is 23.5 Å². The summed E-state index contributed by atoms with van der Waals surface area (Å²) in [6, 6.07) is 17.0. The summed E-state index contributed by atoms with van der Waals surface area (Å²) >= 11 is 3.59. The lowest BCUT2D eigenvalue weighted by Gasteiger charge is -2.29. The second-order valence-electron chi connectivity index (χ2n) is 6.50. The molecule has 4 nitrogen and oxygen atoms in total. The van der Waals surface area contributed by atoms with Gasteiger partial charge >= 0.3 is 0 Å². The molecule has 4 rings (SSSR count). The maximum Gasteiger partial charge on any atom is 0.218 e. The Hall–Kier alpha value is -1.85. The minimum atomic E-state index is -0.741. The van der Waals surface area contributed by atoms with Crippen LogP contribution in [0.2, 0.25) is 0 Å². The van der Waals surface area contributed by atoms with Crippen molar-refractivity contribution in [3.05, 3.63) is 69.7 Å². The summed E-state index contributed by atoms with van der Waals surface area (Å²) in [7, 11) is 1.81. The van der Waals surface area contributed by atoms with E-state index >= 15 is 0 Å². The van der Waals surface area contributed by atoms with Crippen LogP contribution in [0.15, 0.2) is 58.0 Å². The van der Waals surface area contributed by atoms with Crippen LogP contribution >= 0.6 is 15.9 Å². The molecule has 0 amide bonds. The van der Waals surface area contributed by atoms with Crippen LogP contribution in [0.3, 0.4) is 0 Å². The number of fused-ring (bicyclic) bond motifs is 2. The molecule has 2 aromatic rings. The number of guanidine groups is 1. The van der Waals surface area contributed by atoms with Crippen LogP contribution in [0.25, 0.3) is 0 Å². The molecule has 5 heteroatoms. The second kappa shape index (κ2) is 5.90. The van der Waals surface area contributed by atoms with E-state index in [0.717, 1.165) is 29.3 Å². The van der Waals surface area contributed by atoms with Crippen molar-refractivity contribution in [2.45, 2.75) is 30.9 Å². The number of aliphatic imine (C=N–C) groups is 1. The number of hydrogen-bond acceptors (Lipinski definition) is 4. The first kappa shape index (κ1) is 15.7. The Morgan fingerprint density at radius 3 is 2.75 bits per heavy atom. The summed E-state index contributed by atoms with van der Waals surface area (Å²) in [5.74, 6) is 0.801. The fourth-order valence-electron chi connectivity index (χ4n) is 3.76. The molecule has 2 unspecified atom stereocenters. The lowest BCUT2D eigenvalue weighted by molar-refractivity contribution is -0.177. The fraction of sp³-hybridized carbons (Fsp3) is 0.316. The van der Waals surface area contributed by atoms with Gasteiger partial charge in [0.25, 0.3) is 0 Å². The van der Waals surface area contributed by atoms with Crippen LogP contribution in [-0.2, 0) is 17.0 Å². The molecule has 0 radical (unpaired) electrons. The highest BCUT2D eigenvalue weighted by Crippen LogP contribution is 2.47. The number of hydroxylamine groups is 2. The normalized spacial score (nSPS) is 26.2. The van der Waals surface area contributed by atoms with Gasteiger partial charge in [0.05, 0.1) is 0 Å². The molecule has 0 bridgehead atoms. The monoisotopic (exact) mass is 385 g/mol. The maximum absolute atomic E-state index is 6.20. The molecule has 0 saturated heterocycles. The van der Waals surface area contributed by atoms with Crippen molar-refractivity contribution in [1.29, 1.82) is 0 Å². The van der Waals surface area contributed by atoms with Crippen LogP contribution in [0.1, 0.15) is 35.4 Å². The van der Waals surface area contributed by atoms with Crippen molar-refractivity contribution in [1.82, 2.24) is 5.06 Å². The van der Waals surface area contributed by atoms with Gasteiger partial charge in [-0.1, -0.05) is 52.3 Å². The molecule has 2 aliphatic rings.